The van der Waals surface area contributed by atoms with Crippen molar-refractivity contribution in [3.63, 3.8) is 0 Å². The summed E-state index contributed by atoms with van der Waals surface area (Å²) in [5.41, 5.74) is 2.20. The van der Waals surface area contributed by atoms with Crippen molar-refractivity contribution in [1.82, 2.24) is 15.2 Å². The van der Waals surface area contributed by atoms with Crippen molar-refractivity contribution in [3.8, 4) is 10.8 Å². The van der Waals surface area contributed by atoms with Crippen LogP contribution < -0.4 is 0 Å². The van der Waals surface area contributed by atoms with Crippen molar-refractivity contribution in [2.24, 2.45) is 0 Å². The normalized spacial score (nSPS) is 11.2. The number of thiazole rings is 1. The first-order valence-electron chi connectivity index (χ1n) is 7.58. The molecule has 2 aromatic carbocycles. The number of thioether (sulfide) groups is 1. The molecule has 0 atom stereocenters. The molecule has 120 valence electrons. The lowest BCUT2D eigenvalue weighted by atomic mass is 10.1. The van der Waals surface area contributed by atoms with Crippen LogP contribution in [0.3, 0.4) is 0 Å². The van der Waals surface area contributed by atoms with E-state index in [2.05, 4.69) is 57.6 Å². The van der Waals surface area contributed by atoms with Crippen LogP contribution in [-0.4, -0.2) is 15.2 Å². The summed E-state index contributed by atoms with van der Waals surface area (Å²) in [5, 5.41) is 12.4. The number of nitrogens with zero attached hydrogens (tertiary/aromatic N) is 3. The third-order valence-electron chi connectivity index (χ3n) is 3.74. The number of aryl methyl sites for hydroxylation is 2. The van der Waals surface area contributed by atoms with Gasteiger partial charge in [0, 0.05) is 5.75 Å². The molecule has 0 radical (unpaired) electrons. The van der Waals surface area contributed by atoms with E-state index in [4.69, 9.17) is 4.42 Å². The number of benzene rings is 2. The molecule has 6 heteroatoms. The second-order valence-corrected chi connectivity index (χ2v) is 7.58. The van der Waals surface area contributed by atoms with Gasteiger partial charge in [-0.3, -0.25) is 0 Å². The molecular weight excluding hydrogens is 338 g/mol. The molecule has 2 aromatic heterocycles. The van der Waals surface area contributed by atoms with Crippen LogP contribution >= 0.6 is 23.1 Å². The smallest absolute Gasteiger partial charge is 0.277 e. The molecule has 0 aliphatic heterocycles. The largest absolute Gasteiger partial charge is 0.410 e. The molecule has 0 spiro atoms. The SMILES string of the molecule is Cc1nc(C)c(-c2nnc(SCc3cccc4ccccc34)o2)s1. The number of hydrogen-bond donors (Lipinski definition) is 0. The van der Waals surface area contributed by atoms with E-state index in [0.29, 0.717) is 11.1 Å². The topological polar surface area (TPSA) is 51.8 Å². The first kappa shape index (κ1) is 15.4. The first-order chi connectivity index (χ1) is 11.7. The lowest BCUT2D eigenvalue weighted by Crippen LogP contribution is -1.84. The zero-order valence-corrected chi connectivity index (χ0v) is 14.9. The Balaban J connectivity index is 1.55. The Hall–Kier alpha value is -2.18. The van der Waals surface area contributed by atoms with Crippen LogP contribution in [0.25, 0.3) is 21.5 Å². The lowest BCUT2D eigenvalue weighted by Gasteiger charge is -2.04. The Morgan fingerprint density at radius 2 is 1.88 bits per heavy atom. The number of fused-ring (bicyclic) bond motifs is 1. The molecule has 4 nitrogen and oxygen atoms in total. The molecule has 0 aliphatic carbocycles. The average Bonchev–Trinajstić information content (AvgIpc) is 3.18. The van der Waals surface area contributed by atoms with Crippen LogP contribution in [0.5, 0.6) is 0 Å². The molecule has 0 saturated carbocycles. The van der Waals surface area contributed by atoms with Crippen LogP contribution in [0.2, 0.25) is 0 Å². The van der Waals surface area contributed by atoms with E-state index in [0.717, 1.165) is 21.3 Å². The van der Waals surface area contributed by atoms with Crippen molar-refractivity contribution in [1.29, 1.82) is 0 Å². The Bertz CT molecular complexity index is 1000. The Morgan fingerprint density at radius 1 is 1.04 bits per heavy atom. The zero-order valence-electron chi connectivity index (χ0n) is 13.3. The summed E-state index contributed by atoms with van der Waals surface area (Å²) < 4.78 is 5.81. The van der Waals surface area contributed by atoms with E-state index in [9.17, 15) is 0 Å². The van der Waals surface area contributed by atoms with Gasteiger partial charge >= 0.3 is 0 Å². The maximum atomic E-state index is 5.81. The van der Waals surface area contributed by atoms with Crippen molar-refractivity contribution in [3.05, 3.63) is 58.7 Å². The molecule has 0 aliphatic rings. The summed E-state index contributed by atoms with van der Waals surface area (Å²) in [4.78, 5) is 5.36. The predicted octanol–water partition coefficient (Wildman–Crippen LogP) is 5.26. The summed E-state index contributed by atoms with van der Waals surface area (Å²) >= 11 is 3.14. The second-order valence-electron chi connectivity index (χ2n) is 5.45. The Morgan fingerprint density at radius 3 is 2.71 bits per heavy atom. The van der Waals surface area contributed by atoms with Crippen molar-refractivity contribution < 1.29 is 4.42 Å². The fourth-order valence-corrected chi connectivity index (χ4v) is 4.26. The highest BCUT2D eigenvalue weighted by molar-refractivity contribution is 7.98. The molecule has 0 fully saturated rings. The maximum Gasteiger partial charge on any atom is 0.277 e. The Labute approximate surface area is 148 Å². The van der Waals surface area contributed by atoms with Gasteiger partial charge in [-0.1, -0.05) is 54.2 Å². The van der Waals surface area contributed by atoms with Gasteiger partial charge < -0.3 is 4.42 Å². The van der Waals surface area contributed by atoms with E-state index in [1.165, 1.54) is 16.3 Å². The van der Waals surface area contributed by atoms with Crippen molar-refractivity contribution in [2.45, 2.75) is 24.8 Å². The standard InChI is InChI=1S/C18H15N3OS2/c1-11-16(24-12(2)19-11)17-20-21-18(22-17)23-10-14-8-5-7-13-6-3-4-9-15(13)14/h3-9H,10H2,1-2H3. The van der Waals surface area contributed by atoms with Gasteiger partial charge in [-0.2, -0.15) is 0 Å². The van der Waals surface area contributed by atoms with Crippen LogP contribution in [0, 0.1) is 13.8 Å². The van der Waals surface area contributed by atoms with Gasteiger partial charge in [0.1, 0.15) is 4.88 Å². The number of rotatable bonds is 4. The van der Waals surface area contributed by atoms with E-state index in [1.54, 1.807) is 23.1 Å². The van der Waals surface area contributed by atoms with Gasteiger partial charge in [0.25, 0.3) is 11.1 Å². The highest BCUT2D eigenvalue weighted by atomic mass is 32.2. The van der Waals surface area contributed by atoms with E-state index < -0.39 is 0 Å². The fraction of sp³-hybridized carbons (Fsp3) is 0.167. The second kappa shape index (κ2) is 6.37. The van der Waals surface area contributed by atoms with Crippen molar-refractivity contribution in [2.75, 3.05) is 0 Å². The van der Waals surface area contributed by atoms with Crippen LogP contribution in [0.15, 0.2) is 52.1 Å². The highest BCUT2D eigenvalue weighted by Gasteiger charge is 2.15. The van der Waals surface area contributed by atoms with Crippen LogP contribution in [-0.2, 0) is 5.75 Å². The van der Waals surface area contributed by atoms with E-state index in [1.807, 2.05) is 13.8 Å². The fourth-order valence-electron chi connectivity index (χ4n) is 2.65. The number of aromatic nitrogens is 3. The third-order valence-corrected chi connectivity index (χ3v) is 5.66. The molecular formula is C18H15N3OS2. The van der Waals surface area contributed by atoms with E-state index >= 15 is 0 Å². The minimum absolute atomic E-state index is 0.554. The third kappa shape index (κ3) is 2.95. The van der Waals surface area contributed by atoms with Crippen LogP contribution in [0.1, 0.15) is 16.3 Å². The molecule has 0 saturated heterocycles. The molecule has 24 heavy (non-hydrogen) atoms. The molecule has 0 N–H and O–H groups in total. The molecule has 0 unspecified atom stereocenters. The minimum Gasteiger partial charge on any atom is -0.410 e. The zero-order chi connectivity index (χ0) is 16.5. The van der Waals surface area contributed by atoms with Gasteiger partial charge in [0.2, 0.25) is 0 Å². The summed E-state index contributed by atoms with van der Waals surface area (Å²) in [6, 6.07) is 14.8. The lowest BCUT2D eigenvalue weighted by molar-refractivity contribution is 0.466. The molecule has 4 aromatic rings. The average molecular weight is 353 g/mol. The van der Waals surface area contributed by atoms with Gasteiger partial charge in [0.15, 0.2) is 0 Å². The minimum atomic E-state index is 0.554. The van der Waals surface area contributed by atoms with Gasteiger partial charge in [-0.15, -0.1) is 21.5 Å². The quantitative estimate of drug-likeness (QED) is 0.469. The molecule has 2 heterocycles. The summed E-state index contributed by atoms with van der Waals surface area (Å²) in [6.45, 7) is 3.94. The monoisotopic (exact) mass is 353 g/mol. The molecule has 4 rings (SSSR count). The van der Waals surface area contributed by atoms with Gasteiger partial charge in [-0.25, -0.2) is 4.98 Å². The predicted molar refractivity (Wildman–Crippen MR) is 98.4 cm³/mol. The maximum absolute atomic E-state index is 5.81. The van der Waals surface area contributed by atoms with Crippen LogP contribution in [0.4, 0.5) is 0 Å². The summed E-state index contributed by atoms with van der Waals surface area (Å²) in [5.74, 6) is 1.35. The highest BCUT2D eigenvalue weighted by Crippen LogP contribution is 2.32. The van der Waals surface area contributed by atoms with E-state index in [-0.39, 0.29) is 0 Å². The van der Waals surface area contributed by atoms with Gasteiger partial charge in [-0.05, 0) is 30.2 Å². The molecule has 0 amide bonds. The summed E-state index contributed by atoms with van der Waals surface area (Å²) in [6.07, 6.45) is 0. The molecule has 0 bridgehead atoms. The summed E-state index contributed by atoms with van der Waals surface area (Å²) in [7, 11) is 0. The van der Waals surface area contributed by atoms with Crippen molar-refractivity contribution >= 4 is 33.9 Å². The van der Waals surface area contributed by atoms with Gasteiger partial charge in [0.05, 0.1) is 10.7 Å². The Kier molecular flexibility index (Phi) is 4.08. The first-order valence-corrected chi connectivity index (χ1v) is 9.38. The number of hydrogen-bond acceptors (Lipinski definition) is 6.